The first-order valence-electron chi connectivity index (χ1n) is 6.24. The Kier molecular flexibility index (Phi) is 5.04. The number of benzene rings is 1. The maximum Gasteiger partial charge on any atom is 0.233 e. The number of hydrogen-bond acceptors (Lipinski definition) is 4. The van der Waals surface area contributed by atoms with E-state index in [9.17, 15) is 8.42 Å². The van der Waals surface area contributed by atoms with Gasteiger partial charge < -0.3 is 5.32 Å². The summed E-state index contributed by atoms with van der Waals surface area (Å²) in [5.41, 5.74) is 0.507. The highest BCUT2D eigenvalue weighted by molar-refractivity contribution is 7.92. The Morgan fingerprint density at radius 3 is 2.74 bits per heavy atom. The van der Waals surface area contributed by atoms with E-state index >= 15 is 0 Å². The molecule has 1 fully saturated rings. The molecule has 0 amide bonds. The van der Waals surface area contributed by atoms with Gasteiger partial charge >= 0.3 is 0 Å². The molecule has 19 heavy (non-hydrogen) atoms. The summed E-state index contributed by atoms with van der Waals surface area (Å²) < 4.78 is 26.5. The van der Waals surface area contributed by atoms with Crippen LogP contribution in [0.1, 0.15) is 0 Å². The van der Waals surface area contributed by atoms with Crippen LogP contribution in [0.4, 0.5) is 5.69 Å². The van der Waals surface area contributed by atoms with Crippen molar-refractivity contribution in [2.24, 2.45) is 0 Å². The number of nitrogens with zero attached hydrogens (tertiary/aromatic N) is 1. The van der Waals surface area contributed by atoms with E-state index in [0.29, 0.717) is 17.3 Å². The molecule has 0 saturated carbocycles. The van der Waals surface area contributed by atoms with Crippen molar-refractivity contribution in [3.63, 3.8) is 0 Å². The normalized spacial score (nSPS) is 17.3. The first-order valence-corrected chi connectivity index (χ1v) is 8.27. The molecule has 0 bridgehead atoms. The molecule has 0 aromatic heterocycles. The summed E-state index contributed by atoms with van der Waals surface area (Å²) in [6, 6.07) is 6.72. The molecular formula is C12H18ClN3O2S. The van der Waals surface area contributed by atoms with Crippen LogP contribution in [-0.4, -0.2) is 51.8 Å². The molecule has 1 heterocycles. The number of halogens is 1. The Balaban J connectivity index is 1.87. The molecule has 1 aliphatic rings. The molecule has 1 aromatic rings. The zero-order valence-electron chi connectivity index (χ0n) is 10.6. The number of rotatable bonds is 5. The molecule has 1 saturated heterocycles. The van der Waals surface area contributed by atoms with E-state index in [1.807, 2.05) is 0 Å². The second kappa shape index (κ2) is 6.56. The van der Waals surface area contributed by atoms with Crippen molar-refractivity contribution >= 4 is 27.3 Å². The molecule has 106 valence electrons. The SMILES string of the molecule is O=S(=O)(CCN1CCNCC1)Nc1cccc(Cl)c1. The third kappa shape index (κ3) is 4.99. The van der Waals surface area contributed by atoms with Gasteiger partial charge in [0.05, 0.1) is 5.75 Å². The molecule has 5 nitrogen and oxygen atoms in total. The van der Waals surface area contributed by atoms with Gasteiger partial charge in [-0.2, -0.15) is 0 Å². The lowest BCUT2D eigenvalue weighted by atomic mass is 10.3. The van der Waals surface area contributed by atoms with Crippen LogP contribution in [0.5, 0.6) is 0 Å². The summed E-state index contributed by atoms with van der Waals surface area (Å²) in [5, 5.41) is 3.75. The van der Waals surface area contributed by atoms with Gasteiger partial charge in [0.25, 0.3) is 0 Å². The Labute approximate surface area is 119 Å². The van der Waals surface area contributed by atoms with Crippen LogP contribution in [0.15, 0.2) is 24.3 Å². The molecule has 2 rings (SSSR count). The van der Waals surface area contributed by atoms with E-state index in [1.54, 1.807) is 24.3 Å². The lowest BCUT2D eigenvalue weighted by Crippen LogP contribution is -2.45. The lowest BCUT2D eigenvalue weighted by Gasteiger charge is -2.26. The lowest BCUT2D eigenvalue weighted by molar-refractivity contribution is 0.254. The first kappa shape index (κ1) is 14.6. The number of anilines is 1. The van der Waals surface area contributed by atoms with E-state index in [0.717, 1.165) is 26.2 Å². The van der Waals surface area contributed by atoms with Gasteiger partial charge in [0.2, 0.25) is 10.0 Å². The van der Waals surface area contributed by atoms with Gasteiger partial charge in [0, 0.05) is 43.4 Å². The van der Waals surface area contributed by atoms with Gasteiger partial charge in [-0.25, -0.2) is 8.42 Å². The Morgan fingerprint density at radius 1 is 1.32 bits per heavy atom. The van der Waals surface area contributed by atoms with Crippen molar-refractivity contribution in [2.45, 2.75) is 0 Å². The minimum atomic E-state index is -3.32. The predicted octanol–water partition coefficient (Wildman–Crippen LogP) is 0.987. The van der Waals surface area contributed by atoms with Crippen LogP contribution in [0.3, 0.4) is 0 Å². The average molecular weight is 304 g/mol. The summed E-state index contributed by atoms with van der Waals surface area (Å²) >= 11 is 5.82. The smallest absolute Gasteiger partial charge is 0.233 e. The third-order valence-electron chi connectivity index (χ3n) is 2.98. The minimum Gasteiger partial charge on any atom is -0.314 e. The second-order valence-electron chi connectivity index (χ2n) is 4.52. The molecule has 0 spiro atoms. The van der Waals surface area contributed by atoms with E-state index < -0.39 is 10.0 Å². The van der Waals surface area contributed by atoms with Crippen LogP contribution in [-0.2, 0) is 10.0 Å². The van der Waals surface area contributed by atoms with Gasteiger partial charge in [0.15, 0.2) is 0 Å². The van der Waals surface area contributed by atoms with Crippen molar-refractivity contribution in [2.75, 3.05) is 43.2 Å². The van der Waals surface area contributed by atoms with Crippen LogP contribution in [0, 0.1) is 0 Å². The summed E-state index contributed by atoms with van der Waals surface area (Å²) in [5.74, 6) is 0.0967. The summed E-state index contributed by atoms with van der Waals surface area (Å²) in [6.45, 7) is 4.18. The quantitative estimate of drug-likeness (QED) is 0.851. The summed E-state index contributed by atoms with van der Waals surface area (Å²) in [6.07, 6.45) is 0. The van der Waals surface area contributed by atoms with Crippen LogP contribution in [0.2, 0.25) is 5.02 Å². The highest BCUT2D eigenvalue weighted by atomic mass is 35.5. The second-order valence-corrected chi connectivity index (χ2v) is 6.80. The van der Waals surface area contributed by atoms with E-state index in [2.05, 4.69) is 14.9 Å². The molecule has 0 radical (unpaired) electrons. The highest BCUT2D eigenvalue weighted by Crippen LogP contribution is 2.16. The van der Waals surface area contributed by atoms with Gasteiger partial charge in [-0.05, 0) is 18.2 Å². The Bertz CT molecular complexity index is 515. The minimum absolute atomic E-state index is 0.0967. The van der Waals surface area contributed by atoms with Gasteiger partial charge in [-0.3, -0.25) is 9.62 Å². The molecule has 0 unspecified atom stereocenters. The highest BCUT2D eigenvalue weighted by Gasteiger charge is 2.15. The van der Waals surface area contributed by atoms with Gasteiger partial charge in [0.1, 0.15) is 0 Å². The zero-order valence-corrected chi connectivity index (χ0v) is 12.2. The van der Waals surface area contributed by atoms with Crippen molar-refractivity contribution in [3.05, 3.63) is 29.3 Å². The maximum atomic E-state index is 12.0. The third-order valence-corrected chi connectivity index (χ3v) is 4.49. The largest absolute Gasteiger partial charge is 0.314 e. The maximum absolute atomic E-state index is 12.0. The monoisotopic (exact) mass is 303 g/mol. The van der Waals surface area contributed by atoms with Crippen molar-refractivity contribution in [1.82, 2.24) is 10.2 Å². The van der Waals surface area contributed by atoms with E-state index in [-0.39, 0.29) is 5.75 Å². The number of sulfonamides is 1. The number of hydrogen-bond donors (Lipinski definition) is 2. The molecule has 1 aromatic carbocycles. The molecule has 0 atom stereocenters. The number of nitrogens with one attached hydrogen (secondary N) is 2. The van der Waals surface area contributed by atoms with Gasteiger partial charge in [-0.15, -0.1) is 0 Å². The fourth-order valence-corrected chi connectivity index (χ4v) is 3.24. The van der Waals surface area contributed by atoms with Gasteiger partial charge in [-0.1, -0.05) is 17.7 Å². The van der Waals surface area contributed by atoms with Crippen molar-refractivity contribution < 1.29 is 8.42 Å². The number of piperazine rings is 1. The summed E-state index contributed by atoms with van der Waals surface area (Å²) in [4.78, 5) is 2.15. The zero-order chi connectivity index (χ0) is 13.7. The summed E-state index contributed by atoms with van der Waals surface area (Å²) in [7, 11) is -3.32. The fourth-order valence-electron chi connectivity index (χ4n) is 1.97. The molecule has 7 heteroatoms. The standard InChI is InChI=1S/C12H18ClN3O2S/c13-11-2-1-3-12(10-11)15-19(17,18)9-8-16-6-4-14-5-7-16/h1-3,10,14-15H,4-9H2. The predicted molar refractivity (Wildman–Crippen MR) is 78.2 cm³/mol. The molecule has 2 N–H and O–H groups in total. The average Bonchev–Trinajstić information content (AvgIpc) is 2.37. The fraction of sp³-hybridized carbons (Fsp3) is 0.500. The molecule has 1 aliphatic heterocycles. The first-order chi connectivity index (χ1) is 9.05. The molecular weight excluding hydrogens is 286 g/mol. The Morgan fingerprint density at radius 2 is 2.05 bits per heavy atom. The topological polar surface area (TPSA) is 61.4 Å². The van der Waals surface area contributed by atoms with Crippen LogP contribution in [0.25, 0.3) is 0 Å². The van der Waals surface area contributed by atoms with Crippen LogP contribution >= 0.6 is 11.6 Å². The van der Waals surface area contributed by atoms with Crippen LogP contribution < -0.4 is 10.0 Å². The van der Waals surface area contributed by atoms with E-state index in [1.165, 1.54) is 0 Å². The Hall–Kier alpha value is -0.820. The van der Waals surface area contributed by atoms with Crippen molar-refractivity contribution in [1.29, 1.82) is 0 Å². The molecule has 0 aliphatic carbocycles. The van der Waals surface area contributed by atoms with E-state index in [4.69, 9.17) is 11.6 Å². The van der Waals surface area contributed by atoms with Crippen molar-refractivity contribution in [3.8, 4) is 0 Å².